The first-order valence-electron chi connectivity index (χ1n) is 7.38. The molecule has 7 nitrogen and oxygen atoms in total. The maximum absolute atomic E-state index is 11.9. The van der Waals surface area contributed by atoms with Gasteiger partial charge in [0.1, 0.15) is 5.82 Å². The Morgan fingerprint density at radius 2 is 2.23 bits per heavy atom. The van der Waals surface area contributed by atoms with Crippen molar-refractivity contribution in [3.8, 4) is 0 Å². The fourth-order valence-corrected chi connectivity index (χ4v) is 4.97. The molecule has 124 valence electrons. The number of sulfone groups is 1. The van der Waals surface area contributed by atoms with Crippen LogP contribution in [0.1, 0.15) is 38.4 Å². The highest BCUT2D eigenvalue weighted by Gasteiger charge is 2.33. The number of carbonyl (C=O) groups is 1. The zero-order valence-electron chi connectivity index (χ0n) is 13.1. The van der Waals surface area contributed by atoms with Crippen LogP contribution in [0, 0.1) is 0 Å². The van der Waals surface area contributed by atoms with Crippen LogP contribution < -0.4 is 5.32 Å². The molecule has 2 heterocycles. The summed E-state index contributed by atoms with van der Waals surface area (Å²) in [5.41, 5.74) is 0. The van der Waals surface area contributed by atoms with Gasteiger partial charge in [-0.05, 0) is 19.8 Å². The van der Waals surface area contributed by atoms with E-state index in [4.69, 9.17) is 0 Å². The molecule has 1 N–H and O–H groups in total. The van der Waals surface area contributed by atoms with Crippen LogP contribution in [-0.4, -0.2) is 52.4 Å². The van der Waals surface area contributed by atoms with Gasteiger partial charge in [-0.2, -0.15) is 0 Å². The molecule has 9 heteroatoms. The van der Waals surface area contributed by atoms with Gasteiger partial charge in [0.2, 0.25) is 5.91 Å². The summed E-state index contributed by atoms with van der Waals surface area (Å²) in [6.45, 7) is 4.49. The second-order valence-corrected chi connectivity index (χ2v) is 9.09. The third kappa shape index (κ3) is 4.01. The van der Waals surface area contributed by atoms with Gasteiger partial charge >= 0.3 is 0 Å². The summed E-state index contributed by atoms with van der Waals surface area (Å²) in [6.07, 6.45) is 1.49. The van der Waals surface area contributed by atoms with Gasteiger partial charge in [0.15, 0.2) is 15.0 Å². The standard InChI is InChI=1S/C13H22N4O3S2/c1-4-6-14-12(18)9(2)21-13-16-15-11(17(13)3)10-5-7-22(19,20)8-10/h9-10H,4-8H2,1-3H3,(H,14,18)/t9-,10+/m1/s1. The van der Waals surface area contributed by atoms with Crippen LogP contribution in [-0.2, 0) is 21.7 Å². The number of nitrogens with zero attached hydrogens (tertiary/aromatic N) is 3. The van der Waals surface area contributed by atoms with Gasteiger partial charge in [0.25, 0.3) is 0 Å². The minimum absolute atomic E-state index is 0.0279. The van der Waals surface area contributed by atoms with E-state index >= 15 is 0 Å². The summed E-state index contributed by atoms with van der Waals surface area (Å²) in [5, 5.41) is 11.5. The average molecular weight is 346 g/mol. The minimum atomic E-state index is -2.95. The van der Waals surface area contributed by atoms with Crippen molar-refractivity contribution >= 4 is 27.5 Å². The van der Waals surface area contributed by atoms with E-state index in [1.807, 2.05) is 20.9 Å². The first-order valence-corrected chi connectivity index (χ1v) is 10.1. The molecule has 0 aliphatic carbocycles. The number of amides is 1. The molecule has 1 saturated heterocycles. The summed E-state index contributed by atoms with van der Waals surface area (Å²) >= 11 is 1.34. The molecule has 1 aromatic rings. The molecule has 1 aliphatic rings. The van der Waals surface area contributed by atoms with Crippen LogP contribution in [0.4, 0.5) is 0 Å². The lowest BCUT2D eigenvalue weighted by atomic mass is 10.1. The lowest BCUT2D eigenvalue weighted by Crippen LogP contribution is -2.31. The van der Waals surface area contributed by atoms with Crippen LogP contribution in [0.15, 0.2) is 5.16 Å². The molecule has 1 aromatic heterocycles. The molecule has 0 spiro atoms. The van der Waals surface area contributed by atoms with E-state index < -0.39 is 9.84 Å². The van der Waals surface area contributed by atoms with E-state index in [-0.39, 0.29) is 28.6 Å². The molecule has 1 fully saturated rings. The zero-order valence-corrected chi connectivity index (χ0v) is 14.7. The number of thioether (sulfide) groups is 1. The molecule has 1 amide bonds. The maximum atomic E-state index is 11.9. The van der Waals surface area contributed by atoms with Crippen molar-refractivity contribution in [3.63, 3.8) is 0 Å². The number of hydrogen-bond acceptors (Lipinski definition) is 6. The van der Waals surface area contributed by atoms with Crippen molar-refractivity contribution in [2.24, 2.45) is 7.05 Å². The summed E-state index contributed by atoms with van der Waals surface area (Å²) in [7, 11) is -1.13. The Bertz CT molecular complexity index is 642. The summed E-state index contributed by atoms with van der Waals surface area (Å²) in [5.74, 6) is 0.907. The first kappa shape index (κ1) is 17.3. The van der Waals surface area contributed by atoms with Crippen molar-refractivity contribution in [3.05, 3.63) is 5.82 Å². The van der Waals surface area contributed by atoms with Crippen molar-refractivity contribution < 1.29 is 13.2 Å². The number of aromatic nitrogens is 3. The molecule has 0 bridgehead atoms. The molecule has 22 heavy (non-hydrogen) atoms. The summed E-state index contributed by atoms with van der Waals surface area (Å²) in [6, 6.07) is 0. The lowest BCUT2D eigenvalue weighted by Gasteiger charge is -2.12. The molecule has 0 radical (unpaired) electrons. The second kappa shape index (κ2) is 6.99. The van der Waals surface area contributed by atoms with Crippen molar-refractivity contribution in [2.45, 2.75) is 43.0 Å². The lowest BCUT2D eigenvalue weighted by molar-refractivity contribution is -0.120. The summed E-state index contributed by atoms with van der Waals surface area (Å²) < 4.78 is 25.0. The first-order chi connectivity index (χ1) is 10.3. The van der Waals surface area contributed by atoms with Gasteiger partial charge in [0, 0.05) is 19.5 Å². The Labute approximate surface area is 135 Å². The Kier molecular flexibility index (Phi) is 5.49. The molecule has 0 aromatic carbocycles. The number of nitrogens with one attached hydrogen (secondary N) is 1. The quantitative estimate of drug-likeness (QED) is 0.763. The molecule has 0 saturated carbocycles. The molecule has 2 rings (SSSR count). The third-order valence-electron chi connectivity index (χ3n) is 3.67. The Balaban J connectivity index is 2.04. The van der Waals surface area contributed by atoms with E-state index in [0.717, 1.165) is 6.42 Å². The molecule has 0 unspecified atom stereocenters. The van der Waals surface area contributed by atoms with Crippen LogP contribution >= 0.6 is 11.8 Å². The Morgan fingerprint density at radius 1 is 1.50 bits per heavy atom. The van der Waals surface area contributed by atoms with Gasteiger partial charge in [-0.1, -0.05) is 18.7 Å². The Morgan fingerprint density at radius 3 is 2.82 bits per heavy atom. The number of carbonyl (C=O) groups excluding carboxylic acids is 1. The van der Waals surface area contributed by atoms with E-state index in [2.05, 4.69) is 15.5 Å². The number of hydrogen-bond donors (Lipinski definition) is 1. The van der Waals surface area contributed by atoms with Gasteiger partial charge in [-0.25, -0.2) is 8.42 Å². The molecule has 2 atom stereocenters. The summed E-state index contributed by atoms with van der Waals surface area (Å²) in [4.78, 5) is 11.9. The molecular formula is C13H22N4O3S2. The van der Waals surface area contributed by atoms with Crippen LogP contribution in [0.5, 0.6) is 0 Å². The highest BCUT2D eigenvalue weighted by Crippen LogP contribution is 2.30. The monoisotopic (exact) mass is 346 g/mol. The van der Waals surface area contributed by atoms with Crippen LogP contribution in [0.25, 0.3) is 0 Å². The second-order valence-electron chi connectivity index (χ2n) is 5.55. The van der Waals surface area contributed by atoms with Crippen molar-refractivity contribution in [1.29, 1.82) is 0 Å². The zero-order chi connectivity index (χ0) is 16.3. The van der Waals surface area contributed by atoms with Crippen molar-refractivity contribution in [2.75, 3.05) is 18.1 Å². The van der Waals surface area contributed by atoms with E-state index in [0.29, 0.717) is 23.9 Å². The largest absolute Gasteiger partial charge is 0.355 e. The van der Waals surface area contributed by atoms with E-state index in [9.17, 15) is 13.2 Å². The van der Waals surface area contributed by atoms with E-state index in [1.54, 1.807) is 4.57 Å². The highest BCUT2D eigenvalue weighted by atomic mass is 32.2. The van der Waals surface area contributed by atoms with Crippen LogP contribution in [0.3, 0.4) is 0 Å². The predicted molar refractivity (Wildman–Crippen MR) is 85.6 cm³/mol. The van der Waals surface area contributed by atoms with Crippen LogP contribution in [0.2, 0.25) is 0 Å². The van der Waals surface area contributed by atoms with Gasteiger partial charge in [-0.15, -0.1) is 10.2 Å². The van der Waals surface area contributed by atoms with E-state index in [1.165, 1.54) is 11.8 Å². The predicted octanol–water partition coefficient (Wildman–Crippen LogP) is 0.724. The Hall–Kier alpha value is -1.09. The molecular weight excluding hydrogens is 324 g/mol. The fourth-order valence-electron chi connectivity index (χ4n) is 2.39. The maximum Gasteiger partial charge on any atom is 0.233 e. The topological polar surface area (TPSA) is 94.0 Å². The smallest absolute Gasteiger partial charge is 0.233 e. The number of rotatable bonds is 6. The van der Waals surface area contributed by atoms with Gasteiger partial charge < -0.3 is 9.88 Å². The average Bonchev–Trinajstić information content (AvgIpc) is 2.99. The normalized spacial score (nSPS) is 21.7. The fraction of sp³-hybridized carbons (Fsp3) is 0.769. The minimum Gasteiger partial charge on any atom is -0.355 e. The highest BCUT2D eigenvalue weighted by molar-refractivity contribution is 8.00. The van der Waals surface area contributed by atoms with Crippen molar-refractivity contribution in [1.82, 2.24) is 20.1 Å². The SMILES string of the molecule is CCCNC(=O)[C@@H](C)Sc1nnc([C@H]2CCS(=O)(=O)C2)n1C. The molecule has 1 aliphatic heterocycles. The van der Waals surface area contributed by atoms with Gasteiger partial charge in [-0.3, -0.25) is 4.79 Å². The van der Waals surface area contributed by atoms with Gasteiger partial charge in [0.05, 0.1) is 16.8 Å². The third-order valence-corrected chi connectivity index (χ3v) is 6.57.